The molecule has 1 amide bonds. The summed E-state index contributed by atoms with van der Waals surface area (Å²) in [5.41, 5.74) is 3.77. The largest absolute Gasteiger partial charge is 0.325 e. The molecule has 0 saturated carbocycles. The maximum Gasteiger partial charge on any atom is 0.260 e. The van der Waals surface area contributed by atoms with Gasteiger partial charge in [0.25, 0.3) is 5.56 Å². The summed E-state index contributed by atoms with van der Waals surface area (Å²) in [6.07, 6.45) is 0. The first-order chi connectivity index (χ1) is 15.2. The zero-order chi connectivity index (χ0) is 22.9. The number of aromatic amines is 1. The van der Waals surface area contributed by atoms with Crippen molar-refractivity contribution in [1.29, 1.82) is 0 Å². The third-order valence-corrected chi connectivity index (χ3v) is 7.03. The lowest BCUT2D eigenvalue weighted by Gasteiger charge is -2.19. The molecule has 32 heavy (non-hydrogen) atoms. The van der Waals surface area contributed by atoms with E-state index in [-0.39, 0.29) is 22.6 Å². The molecule has 4 rings (SSSR count). The Bertz CT molecular complexity index is 1320. The monoisotopic (exact) mass is 463 g/mol. The second-order valence-corrected chi connectivity index (χ2v) is 10.8. The average molecular weight is 464 g/mol. The number of carbonyl (C=O) groups is 1. The van der Waals surface area contributed by atoms with Gasteiger partial charge in [0.2, 0.25) is 5.91 Å². The third-order valence-electron chi connectivity index (χ3n) is 5.15. The maximum atomic E-state index is 12.9. The molecule has 0 aliphatic heterocycles. The number of fused-ring (bicyclic) bond motifs is 1. The molecule has 0 atom stereocenters. The first kappa shape index (κ1) is 22.3. The summed E-state index contributed by atoms with van der Waals surface area (Å²) in [6.45, 7) is 8.46. The average Bonchev–Trinajstić information content (AvgIpc) is 3.09. The standard InChI is InChI=1S/C25H25N3O2S2/c1-15-20(16-8-6-5-7-9-16)21-22(30)27-24(28-23(21)32-15)31-14-19(29)26-18-12-10-17(11-13-18)25(2,3)4/h5-13H,14H2,1-4H3,(H,26,29)(H,27,28,30). The first-order valence-corrected chi connectivity index (χ1v) is 12.1. The van der Waals surface area contributed by atoms with Crippen LogP contribution in [0.4, 0.5) is 5.69 Å². The number of aromatic nitrogens is 2. The van der Waals surface area contributed by atoms with Gasteiger partial charge in [-0.2, -0.15) is 0 Å². The summed E-state index contributed by atoms with van der Waals surface area (Å²) < 4.78 is 0. The molecule has 0 radical (unpaired) electrons. The van der Waals surface area contributed by atoms with E-state index in [1.807, 2.05) is 61.5 Å². The molecule has 0 aliphatic rings. The molecule has 0 aliphatic carbocycles. The van der Waals surface area contributed by atoms with Gasteiger partial charge >= 0.3 is 0 Å². The zero-order valence-corrected chi connectivity index (χ0v) is 20.1. The van der Waals surface area contributed by atoms with Gasteiger partial charge in [0, 0.05) is 16.1 Å². The quantitative estimate of drug-likeness (QED) is 0.282. The summed E-state index contributed by atoms with van der Waals surface area (Å²) in [5, 5.41) is 3.95. The SMILES string of the molecule is Cc1sc2nc(SCC(=O)Nc3ccc(C(C)(C)C)cc3)[nH]c(=O)c2c1-c1ccccc1. The maximum absolute atomic E-state index is 12.9. The number of H-pyrrole nitrogens is 1. The Labute approximate surface area is 195 Å². The van der Waals surface area contributed by atoms with Gasteiger partial charge in [-0.1, -0.05) is 75.0 Å². The van der Waals surface area contributed by atoms with Gasteiger partial charge < -0.3 is 10.3 Å². The molecule has 0 spiro atoms. The Balaban J connectivity index is 1.48. The van der Waals surface area contributed by atoms with Gasteiger partial charge in [0.1, 0.15) is 4.83 Å². The molecular weight excluding hydrogens is 438 g/mol. The minimum atomic E-state index is -0.182. The summed E-state index contributed by atoms with van der Waals surface area (Å²) in [5.74, 6) is 0.0133. The predicted octanol–water partition coefficient (Wildman–Crippen LogP) is 5.99. The highest BCUT2D eigenvalue weighted by molar-refractivity contribution is 7.99. The van der Waals surface area contributed by atoms with Gasteiger partial charge in [-0.3, -0.25) is 9.59 Å². The molecule has 2 aromatic carbocycles. The summed E-state index contributed by atoms with van der Waals surface area (Å²) >= 11 is 2.72. The number of thiophene rings is 1. The number of carbonyl (C=O) groups excluding carboxylic acids is 1. The topological polar surface area (TPSA) is 74.8 Å². The lowest BCUT2D eigenvalue weighted by Crippen LogP contribution is -2.16. The highest BCUT2D eigenvalue weighted by Crippen LogP contribution is 2.35. The number of nitrogens with zero attached hydrogens (tertiary/aromatic N) is 1. The summed E-state index contributed by atoms with van der Waals surface area (Å²) in [4.78, 5) is 34.4. The van der Waals surface area contributed by atoms with Crippen LogP contribution in [0.3, 0.4) is 0 Å². The van der Waals surface area contributed by atoms with Crippen LogP contribution in [0, 0.1) is 6.92 Å². The molecule has 0 unspecified atom stereocenters. The van der Waals surface area contributed by atoms with Crippen LogP contribution in [-0.2, 0) is 10.2 Å². The van der Waals surface area contributed by atoms with Crippen molar-refractivity contribution in [3.8, 4) is 11.1 Å². The number of aryl methyl sites for hydroxylation is 1. The fraction of sp³-hybridized carbons (Fsp3) is 0.240. The number of nitrogens with one attached hydrogen (secondary N) is 2. The second-order valence-electron chi connectivity index (χ2n) is 8.61. The Morgan fingerprint density at radius 2 is 1.78 bits per heavy atom. The van der Waals surface area contributed by atoms with Crippen molar-refractivity contribution in [2.75, 3.05) is 11.1 Å². The minimum Gasteiger partial charge on any atom is -0.325 e. The van der Waals surface area contributed by atoms with Crippen molar-refractivity contribution >= 4 is 44.9 Å². The Hall–Kier alpha value is -2.90. The molecule has 4 aromatic rings. The fourth-order valence-electron chi connectivity index (χ4n) is 3.50. The van der Waals surface area contributed by atoms with Crippen molar-refractivity contribution in [1.82, 2.24) is 9.97 Å². The summed E-state index contributed by atoms with van der Waals surface area (Å²) in [7, 11) is 0. The van der Waals surface area contributed by atoms with Gasteiger partial charge in [-0.25, -0.2) is 4.98 Å². The number of benzene rings is 2. The third kappa shape index (κ3) is 4.79. The van der Waals surface area contributed by atoms with E-state index in [1.54, 1.807) is 0 Å². The molecule has 2 heterocycles. The first-order valence-electron chi connectivity index (χ1n) is 10.3. The molecule has 164 valence electrons. The highest BCUT2D eigenvalue weighted by atomic mass is 32.2. The van der Waals surface area contributed by atoms with E-state index < -0.39 is 0 Å². The molecule has 2 N–H and O–H groups in total. The Morgan fingerprint density at radius 3 is 2.44 bits per heavy atom. The van der Waals surface area contributed by atoms with E-state index in [1.165, 1.54) is 28.7 Å². The van der Waals surface area contributed by atoms with Crippen LogP contribution in [-0.4, -0.2) is 21.6 Å². The molecule has 2 aromatic heterocycles. The van der Waals surface area contributed by atoms with Crippen LogP contribution in [0.25, 0.3) is 21.3 Å². The van der Waals surface area contributed by atoms with Gasteiger partial charge in [0.15, 0.2) is 5.16 Å². The van der Waals surface area contributed by atoms with Crippen LogP contribution in [0.2, 0.25) is 0 Å². The van der Waals surface area contributed by atoms with Crippen LogP contribution < -0.4 is 10.9 Å². The number of rotatable bonds is 5. The lowest BCUT2D eigenvalue weighted by atomic mass is 9.87. The lowest BCUT2D eigenvalue weighted by molar-refractivity contribution is -0.113. The minimum absolute atomic E-state index is 0.0646. The van der Waals surface area contributed by atoms with Crippen molar-refractivity contribution in [3.63, 3.8) is 0 Å². The molecular formula is C25H25N3O2S2. The molecule has 0 fully saturated rings. The van der Waals surface area contributed by atoms with Gasteiger partial charge in [-0.15, -0.1) is 11.3 Å². The number of amides is 1. The Morgan fingerprint density at radius 1 is 1.09 bits per heavy atom. The number of thioether (sulfide) groups is 1. The molecule has 7 heteroatoms. The van der Waals surface area contributed by atoms with Crippen molar-refractivity contribution in [2.45, 2.75) is 38.3 Å². The van der Waals surface area contributed by atoms with Crippen molar-refractivity contribution in [2.24, 2.45) is 0 Å². The van der Waals surface area contributed by atoms with Gasteiger partial charge in [-0.05, 0) is 35.6 Å². The van der Waals surface area contributed by atoms with Crippen LogP contribution in [0.1, 0.15) is 31.2 Å². The predicted molar refractivity (Wildman–Crippen MR) is 135 cm³/mol. The fourth-order valence-corrected chi connectivity index (χ4v) is 5.27. The van der Waals surface area contributed by atoms with Crippen molar-refractivity contribution < 1.29 is 4.79 Å². The number of hydrogen-bond acceptors (Lipinski definition) is 5. The van der Waals surface area contributed by atoms with Crippen LogP contribution >= 0.6 is 23.1 Å². The van der Waals surface area contributed by atoms with E-state index in [2.05, 4.69) is 36.1 Å². The zero-order valence-electron chi connectivity index (χ0n) is 18.5. The smallest absolute Gasteiger partial charge is 0.260 e. The second kappa shape index (κ2) is 8.92. The van der Waals surface area contributed by atoms with Crippen LogP contribution in [0.15, 0.2) is 64.5 Å². The molecule has 5 nitrogen and oxygen atoms in total. The van der Waals surface area contributed by atoms with E-state index in [9.17, 15) is 9.59 Å². The van der Waals surface area contributed by atoms with Crippen molar-refractivity contribution in [3.05, 3.63) is 75.4 Å². The normalized spacial score (nSPS) is 11.6. The molecule has 0 bridgehead atoms. The van der Waals surface area contributed by atoms with E-state index in [4.69, 9.17) is 0 Å². The van der Waals surface area contributed by atoms with Crippen LogP contribution in [0.5, 0.6) is 0 Å². The highest BCUT2D eigenvalue weighted by Gasteiger charge is 2.17. The Kier molecular flexibility index (Phi) is 6.22. The van der Waals surface area contributed by atoms with E-state index >= 15 is 0 Å². The molecule has 0 saturated heterocycles. The van der Waals surface area contributed by atoms with E-state index in [0.717, 1.165) is 21.7 Å². The van der Waals surface area contributed by atoms with E-state index in [0.29, 0.717) is 15.4 Å². The summed E-state index contributed by atoms with van der Waals surface area (Å²) in [6, 6.07) is 17.7. The van der Waals surface area contributed by atoms with Gasteiger partial charge in [0.05, 0.1) is 11.1 Å². The number of anilines is 1. The number of hydrogen-bond donors (Lipinski definition) is 2.